The van der Waals surface area contributed by atoms with Gasteiger partial charge < -0.3 is 20.1 Å². The maximum atomic E-state index is 12.8. The fourth-order valence-corrected chi connectivity index (χ4v) is 4.03. The molecule has 2 aliphatic heterocycles. The number of hydrogen-bond acceptors (Lipinski definition) is 4. The van der Waals surface area contributed by atoms with Gasteiger partial charge in [-0.25, -0.2) is 0 Å². The van der Waals surface area contributed by atoms with Crippen molar-refractivity contribution < 1.29 is 19.4 Å². The van der Waals surface area contributed by atoms with Gasteiger partial charge in [0.1, 0.15) is 11.4 Å². The molecule has 2 amide bonds. The molecule has 2 aromatic carbocycles. The number of hydrogen-bond donors (Lipinski definition) is 2. The van der Waals surface area contributed by atoms with Crippen molar-refractivity contribution in [3.8, 4) is 5.75 Å². The van der Waals surface area contributed by atoms with Crippen LogP contribution in [0.4, 0.5) is 5.69 Å². The first-order valence-electron chi connectivity index (χ1n) is 9.97. The number of para-hydroxylation sites is 1. The zero-order chi connectivity index (χ0) is 20.6. The highest BCUT2D eigenvalue weighted by Crippen LogP contribution is 2.36. The highest BCUT2D eigenvalue weighted by atomic mass is 16.5. The van der Waals surface area contributed by atoms with Crippen LogP contribution in [0.1, 0.15) is 29.5 Å². The Bertz CT molecular complexity index is 958. The van der Waals surface area contributed by atoms with E-state index < -0.39 is 11.5 Å². The smallest absolute Gasteiger partial charge is 0.227 e. The minimum Gasteiger partial charge on any atom is -0.493 e. The summed E-state index contributed by atoms with van der Waals surface area (Å²) < 4.78 is 5.60. The van der Waals surface area contributed by atoms with Gasteiger partial charge in [-0.2, -0.15) is 0 Å². The first-order valence-corrected chi connectivity index (χ1v) is 9.97. The number of carbonyl (C=O) groups is 2. The van der Waals surface area contributed by atoms with Gasteiger partial charge in [0.2, 0.25) is 11.8 Å². The summed E-state index contributed by atoms with van der Waals surface area (Å²) in [6.07, 6.45) is 0.583. The van der Waals surface area contributed by atoms with Crippen LogP contribution in [-0.2, 0) is 15.2 Å². The second kappa shape index (κ2) is 7.52. The minimum absolute atomic E-state index is 0.0523. The van der Waals surface area contributed by atoms with Crippen molar-refractivity contribution in [3.05, 3.63) is 59.2 Å². The van der Waals surface area contributed by atoms with Crippen molar-refractivity contribution in [1.82, 2.24) is 5.32 Å². The van der Waals surface area contributed by atoms with E-state index in [1.165, 1.54) is 5.56 Å². The molecule has 6 heteroatoms. The number of rotatable bonds is 4. The number of ether oxygens (including phenoxy) is 1. The molecule has 2 N–H and O–H groups in total. The molecule has 2 unspecified atom stereocenters. The van der Waals surface area contributed by atoms with E-state index in [9.17, 15) is 14.7 Å². The fraction of sp³-hybridized carbons (Fsp3) is 0.391. The number of benzene rings is 2. The Balaban J connectivity index is 1.42. The Morgan fingerprint density at radius 3 is 2.83 bits per heavy atom. The third kappa shape index (κ3) is 3.72. The molecule has 2 atom stereocenters. The predicted octanol–water partition coefficient (Wildman–Crippen LogP) is 2.44. The van der Waals surface area contributed by atoms with Gasteiger partial charge in [-0.1, -0.05) is 24.3 Å². The third-order valence-corrected chi connectivity index (χ3v) is 6.01. The Kier molecular flexibility index (Phi) is 5.04. The molecular weight excluding hydrogens is 368 g/mol. The predicted molar refractivity (Wildman–Crippen MR) is 110 cm³/mol. The standard InChI is InChI=1S/C23H26N2O4/c1-15-7-8-18(11-16(15)2)25-13-17(12-21(25)26)22(27)24-14-23(28)9-10-29-20-6-4-3-5-19(20)23/h3-8,11,17,28H,9-10,12-14H2,1-2H3,(H,24,27). The maximum absolute atomic E-state index is 12.8. The SMILES string of the molecule is Cc1ccc(N2CC(C(=O)NCC3(O)CCOc4ccccc43)CC2=O)cc1C. The van der Waals surface area contributed by atoms with Crippen LogP contribution in [0, 0.1) is 19.8 Å². The zero-order valence-corrected chi connectivity index (χ0v) is 16.8. The average Bonchev–Trinajstić information content (AvgIpc) is 3.10. The van der Waals surface area contributed by atoms with Crippen LogP contribution in [0.15, 0.2) is 42.5 Å². The Morgan fingerprint density at radius 1 is 1.24 bits per heavy atom. The molecule has 29 heavy (non-hydrogen) atoms. The Labute approximate surface area is 170 Å². The first kappa shape index (κ1) is 19.5. The van der Waals surface area contributed by atoms with Crippen molar-refractivity contribution in [2.45, 2.75) is 32.3 Å². The lowest BCUT2D eigenvalue weighted by Crippen LogP contribution is -2.45. The van der Waals surface area contributed by atoms with Gasteiger partial charge in [0.25, 0.3) is 0 Å². The van der Waals surface area contributed by atoms with Crippen LogP contribution < -0.4 is 15.0 Å². The molecule has 2 aromatic rings. The second-order valence-corrected chi connectivity index (χ2v) is 8.02. The van der Waals surface area contributed by atoms with Gasteiger partial charge in [-0.05, 0) is 43.2 Å². The van der Waals surface area contributed by atoms with E-state index in [0.717, 1.165) is 11.3 Å². The van der Waals surface area contributed by atoms with Crippen molar-refractivity contribution in [2.75, 3.05) is 24.6 Å². The van der Waals surface area contributed by atoms with E-state index in [4.69, 9.17) is 4.74 Å². The largest absolute Gasteiger partial charge is 0.493 e. The molecule has 152 valence electrons. The number of anilines is 1. The van der Waals surface area contributed by atoms with Crippen molar-refractivity contribution in [1.29, 1.82) is 0 Å². The van der Waals surface area contributed by atoms with Crippen LogP contribution in [-0.4, -0.2) is 36.6 Å². The number of fused-ring (bicyclic) bond motifs is 1. The topological polar surface area (TPSA) is 78.9 Å². The molecule has 0 saturated carbocycles. The molecular formula is C23H26N2O4. The monoisotopic (exact) mass is 394 g/mol. The molecule has 2 heterocycles. The maximum Gasteiger partial charge on any atom is 0.227 e. The minimum atomic E-state index is -1.17. The number of nitrogens with one attached hydrogen (secondary N) is 1. The van der Waals surface area contributed by atoms with Gasteiger partial charge in [0, 0.05) is 30.6 Å². The lowest BCUT2D eigenvalue weighted by Gasteiger charge is -2.34. The molecule has 0 aliphatic carbocycles. The van der Waals surface area contributed by atoms with E-state index in [1.54, 1.807) is 4.90 Å². The summed E-state index contributed by atoms with van der Waals surface area (Å²) in [5.74, 6) is -0.0409. The summed E-state index contributed by atoms with van der Waals surface area (Å²) >= 11 is 0. The molecule has 4 rings (SSSR count). The van der Waals surface area contributed by atoms with Gasteiger partial charge >= 0.3 is 0 Å². The van der Waals surface area contributed by atoms with Crippen molar-refractivity contribution in [3.63, 3.8) is 0 Å². The van der Waals surface area contributed by atoms with E-state index in [0.29, 0.717) is 30.9 Å². The third-order valence-electron chi connectivity index (χ3n) is 6.01. The van der Waals surface area contributed by atoms with Gasteiger partial charge in [0.05, 0.1) is 19.1 Å². The normalized spacial score (nSPS) is 23.5. The van der Waals surface area contributed by atoms with Gasteiger partial charge in [-0.15, -0.1) is 0 Å². The lowest BCUT2D eigenvalue weighted by molar-refractivity contribution is -0.127. The summed E-state index contributed by atoms with van der Waals surface area (Å²) in [5, 5.41) is 13.9. The van der Waals surface area contributed by atoms with E-state index in [1.807, 2.05) is 56.3 Å². The average molecular weight is 394 g/mol. The number of aryl methyl sites for hydroxylation is 2. The first-order chi connectivity index (χ1) is 13.9. The quantitative estimate of drug-likeness (QED) is 0.835. The summed E-state index contributed by atoms with van der Waals surface area (Å²) in [4.78, 5) is 26.9. The van der Waals surface area contributed by atoms with Crippen molar-refractivity contribution in [2.24, 2.45) is 5.92 Å². The Morgan fingerprint density at radius 2 is 2.03 bits per heavy atom. The van der Waals surface area contributed by atoms with Crippen LogP contribution >= 0.6 is 0 Å². The molecule has 0 spiro atoms. The molecule has 1 saturated heterocycles. The highest BCUT2D eigenvalue weighted by molar-refractivity contribution is 6.00. The summed E-state index contributed by atoms with van der Waals surface area (Å²) in [5.41, 5.74) is 2.63. The second-order valence-electron chi connectivity index (χ2n) is 8.02. The lowest BCUT2D eigenvalue weighted by atomic mass is 9.88. The van der Waals surface area contributed by atoms with E-state index in [2.05, 4.69) is 5.32 Å². The van der Waals surface area contributed by atoms with E-state index in [-0.39, 0.29) is 24.8 Å². The number of nitrogens with zero attached hydrogens (tertiary/aromatic N) is 1. The Hall–Kier alpha value is -2.86. The van der Waals surface area contributed by atoms with E-state index >= 15 is 0 Å². The molecule has 2 aliphatic rings. The van der Waals surface area contributed by atoms with Crippen LogP contribution in [0.5, 0.6) is 5.75 Å². The van der Waals surface area contributed by atoms with Crippen LogP contribution in [0.3, 0.4) is 0 Å². The van der Waals surface area contributed by atoms with Gasteiger partial charge in [0.15, 0.2) is 0 Å². The van der Waals surface area contributed by atoms with Crippen molar-refractivity contribution >= 4 is 17.5 Å². The summed E-state index contributed by atoms with van der Waals surface area (Å²) in [6.45, 7) is 4.88. The summed E-state index contributed by atoms with van der Waals surface area (Å²) in [6, 6.07) is 13.2. The molecule has 0 radical (unpaired) electrons. The fourth-order valence-electron chi connectivity index (χ4n) is 4.03. The molecule has 1 fully saturated rings. The molecule has 0 aromatic heterocycles. The zero-order valence-electron chi connectivity index (χ0n) is 16.8. The number of amides is 2. The molecule has 6 nitrogen and oxygen atoms in total. The van der Waals surface area contributed by atoms with Crippen LogP contribution in [0.2, 0.25) is 0 Å². The van der Waals surface area contributed by atoms with Crippen LogP contribution in [0.25, 0.3) is 0 Å². The number of carbonyl (C=O) groups excluding carboxylic acids is 2. The molecule has 0 bridgehead atoms. The summed E-state index contributed by atoms with van der Waals surface area (Å²) in [7, 11) is 0. The number of aliphatic hydroxyl groups is 1. The van der Waals surface area contributed by atoms with Gasteiger partial charge in [-0.3, -0.25) is 9.59 Å². The highest BCUT2D eigenvalue weighted by Gasteiger charge is 2.39.